The number of ether oxygens (including phenoxy) is 1. The first kappa shape index (κ1) is 21.8. The van der Waals surface area contributed by atoms with Crippen molar-refractivity contribution in [2.75, 3.05) is 24.3 Å². The number of hydrogen-bond acceptors (Lipinski definition) is 6. The summed E-state index contributed by atoms with van der Waals surface area (Å²) in [4.78, 5) is 23.1. The lowest BCUT2D eigenvalue weighted by Crippen LogP contribution is -2.27. The topological polar surface area (TPSA) is 67.4 Å². The molecule has 0 atom stereocenters. The highest BCUT2D eigenvalue weighted by molar-refractivity contribution is 7.21. The third-order valence-corrected chi connectivity index (χ3v) is 5.81. The van der Waals surface area contributed by atoms with Gasteiger partial charge in [-0.15, -0.1) is 11.3 Å². The predicted octanol–water partition coefficient (Wildman–Crippen LogP) is 6.44. The number of anilines is 2. The summed E-state index contributed by atoms with van der Waals surface area (Å²) < 4.78 is 6.43. The van der Waals surface area contributed by atoms with E-state index in [4.69, 9.17) is 9.72 Å². The molecule has 2 heterocycles. The third kappa shape index (κ3) is 5.06. The summed E-state index contributed by atoms with van der Waals surface area (Å²) in [5.74, 6) is 0.450. The van der Waals surface area contributed by atoms with Gasteiger partial charge in [0, 0.05) is 37.1 Å². The van der Waals surface area contributed by atoms with E-state index in [1.54, 1.807) is 23.6 Å². The van der Waals surface area contributed by atoms with Crippen LogP contribution in [0.2, 0.25) is 0 Å². The van der Waals surface area contributed by atoms with Crippen LogP contribution in [0.15, 0.2) is 60.8 Å². The Hall–Kier alpha value is -3.45. The molecule has 0 radical (unpaired) electrons. The quantitative estimate of drug-likeness (QED) is 0.391. The maximum atomic E-state index is 11.9. The van der Waals surface area contributed by atoms with Crippen LogP contribution in [0.1, 0.15) is 20.8 Å². The van der Waals surface area contributed by atoms with E-state index in [1.165, 1.54) is 10.4 Å². The molecule has 0 bridgehead atoms. The van der Waals surface area contributed by atoms with E-state index in [9.17, 15) is 4.79 Å². The lowest BCUT2D eigenvalue weighted by molar-refractivity contribution is 0.0635. The van der Waals surface area contributed by atoms with E-state index in [1.807, 2.05) is 40.9 Å². The van der Waals surface area contributed by atoms with Crippen LogP contribution in [-0.2, 0) is 4.74 Å². The van der Waals surface area contributed by atoms with Gasteiger partial charge in [0.2, 0.25) is 0 Å². The molecule has 2 aromatic carbocycles. The molecule has 4 aromatic rings. The molecule has 0 fully saturated rings. The Morgan fingerprint density at radius 3 is 2.28 bits per heavy atom. The van der Waals surface area contributed by atoms with E-state index in [-0.39, 0.29) is 0 Å². The number of carbonyl (C=O) groups excluding carboxylic acids is 1. The van der Waals surface area contributed by atoms with Gasteiger partial charge in [-0.3, -0.25) is 5.32 Å². The van der Waals surface area contributed by atoms with Gasteiger partial charge >= 0.3 is 6.09 Å². The smallest absolute Gasteiger partial charge is 0.413 e. The maximum absolute atomic E-state index is 11.9. The molecule has 0 unspecified atom stereocenters. The Morgan fingerprint density at radius 2 is 1.66 bits per heavy atom. The molecule has 0 spiro atoms. The van der Waals surface area contributed by atoms with Crippen molar-refractivity contribution in [3.63, 3.8) is 0 Å². The zero-order chi connectivity index (χ0) is 22.9. The monoisotopic (exact) mass is 446 g/mol. The molecular formula is C25H26N4O2S. The van der Waals surface area contributed by atoms with Crippen molar-refractivity contribution in [2.24, 2.45) is 0 Å². The minimum atomic E-state index is -0.552. The molecule has 164 valence electrons. The molecule has 0 aliphatic carbocycles. The number of carbonyl (C=O) groups is 1. The number of hydrogen-bond donors (Lipinski definition) is 1. The number of nitrogens with one attached hydrogen (secondary N) is 1. The summed E-state index contributed by atoms with van der Waals surface area (Å²) in [6, 6.07) is 18.3. The standard InChI is InChI=1S/C25H26N4O2S/c1-25(2,3)31-24(30)28-22-13-10-18(15-26-22)16-6-8-17(9-7-16)23-27-20-12-11-19(29(4)5)14-21(20)32-23/h6-15H,1-5H3,(H,26,28,30). The number of nitrogens with zero attached hydrogens (tertiary/aromatic N) is 3. The van der Waals surface area contributed by atoms with Crippen LogP contribution < -0.4 is 10.2 Å². The summed E-state index contributed by atoms with van der Waals surface area (Å²) in [5, 5.41) is 3.65. The van der Waals surface area contributed by atoms with E-state index in [2.05, 4.69) is 57.7 Å². The first-order valence-electron chi connectivity index (χ1n) is 10.3. The Labute approximate surface area is 191 Å². The second-order valence-corrected chi connectivity index (χ2v) is 9.73. The molecule has 0 aliphatic heterocycles. The van der Waals surface area contributed by atoms with Crippen LogP contribution in [0.25, 0.3) is 31.9 Å². The van der Waals surface area contributed by atoms with E-state index < -0.39 is 11.7 Å². The Kier molecular flexibility index (Phi) is 5.84. The zero-order valence-electron chi connectivity index (χ0n) is 18.8. The minimum absolute atomic E-state index is 0.450. The minimum Gasteiger partial charge on any atom is -0.444 e. The molecule has 32 heavy (non-hydrogen) atoms. The summed E-state index contributed by atoms with van der Waals surface area (Å²) in [6.45, 7) is 5.46. The Balaban J connectivity index is 1.49. The second kappa shape index (κ2) is 8.59. The van der Waals surface area contributed by atoms with Gasteiger partial charge in [0.25, 0.3) is 0 Å². The lowest BCUT2D eigenvalue weighted by Gasteiger charge is -2.19. The highest BCUT2D eigenvalue weighted by Crippen LogP contribution is 2.33. The van der Waals surface area contributed by atoms with Gasteiger partial charge in [-0.05, 0) is 56.7 Å². The maximum Gasteiger partial charge on any atom is 0.413 e. The molecule has 1 amide bonds. The molecular weight excluding hydrogens is 420 g/mol. The molecule has 0 saturated carbocycles. The normalized spacial score (nSPS) is 11.4. The third-order valence-electron chi connectivity index (χ3n) is 4.75. The lowest BCUT2D eigenvalue weighted by atomic mass is 10.1. The van der Waals surface area contributed by atoms with Gasteiger partial charge in [0.15, 0.2) is 0 Å². The van der Waals surface area contributed by atoms with Crippen molar-refractivity contribution in [2.45, 2.75) is 26.4 Å². The van der Waals surface area contributed by atoms with Gasteiger partial charge < -0.3 is 9.64 Å². The van der Waals surface area contributed by atoms with Gasteiger partial charge in [-0.1, -0.05) is 24.3 Å². The summed E-state index contributed by atoms with van der Waals surface area (Å²) in [7, 11) is 4.08. The largest absolute Gasteiger partial charge is 0.444 e. The highest BCUT2D eigenvalue weighted by Gasteiger charge is 2.16. The SMILES string of the molecule is CN(C)c1ccc2nc(-c3ccc(-c4ccc(NC(=O)OC(C)(C)C)nc4)cc3)sc2c1. The van der Waals surface area contributed by atoms with Gasteiger partial charge in [0.05, 0.1) is 10.2 Å². The summed E-state index contributed by atoms with van der Waals surface area (Å²) in [6.07, 6.45) is 1.22. The molecule has 1 N–H and O–H groups in total. The average Bonchev–Trinajstić information content (AvgIpc) is 3.16. The molecule has 7 heteroatoms. The predicted molar refractivity (Wildman–Crippen MR) is 132 cm³/mol. The fourth-order valence-electron chi connectivity index (χ4n) is 3.17. The van der Waals surface area contributed by atoms with Crippen LogP contribution in [0, 0.1) is 0 Å². The van der Waals surface area contributed by atoms with Gasteiger partial charge in [0.1, 0.15) is 16.4 Å². The van der Waals surface area contributed by atoms with Crippen molar-refractivity contribution in [3.8, 4) is 21.7 Å². The molecule has 6 nitrogen and oxygen atoms in total. The second-order valence-electron chi connectivity index (χ2n) is 8.70. The van der Waals surface area contributed by atoms with Crippen LogP contribution in [0.5, 0.6) is 0 Å². The van der Waals surface area contributed by atoms with E-state index in [0.717, 1.165) is 27.2 Å². The van der Waals surface area contributed by atoms with Gasteiger partial charge in [-0.2, -0.15) is 0 Å². The van der Waals surface area contributed by atoms with Crippen LogP contribution in [0.3, 0.4) is 0 Å². The van der Waals surface area contributed by atoms with Crippen molar-refractivity contribution < 1.29 is 9.53 Å². The van der Waals surface area contributed by atoms with E-state index >= 15 is 0 Å². The number of fused-ring (bicyclic) bond motifs is 1. The van der Waals surface area contributed by atoms with Crippen molar-refractivity contribution >= 4 is 39.2 Å². The summed E-state index contributed by atoms with van der Waals surface area (Å²) in [5.41, 5.74) is 4.71. The van der Waals surface area contributed by atoms with Crippen LogP contribution >= 0.6 is 11.3 Å². The fraction of sp³-hybridized carbons (Fsp3) is 0.240. The van der Waals surface area contributed by atoms with Crippen LogP contribution in [-0.4, -0.2) is 35.8 Å². The first-order chi connectivity index (χ1) is 15.2. The number of amides is 1. The number of thiazole rings is 1. The fourth-order valence-corrected chi connectivity index (χ4v) is 4.17. The number of benzene rings is 2. The Bertz CT molecular complexity index is 1240. The molecule has 0 saturated heterocycles. The molecule has 4 rings (SSSR count). The number of pyridine rings is 1. The van der Waals surface area contributed by atoms with Gasteiger partial charge in [-0.25, -0.2) is 14.8 Å². The number of rotatable bonds is 4. The summed E-state index contributed by atoms with van der Waals surface area (Å²) >= 11 is 1.69. The first-order valence-corrected chi connectivity index (χ1v) is 11.1. The molecule has 0 aliphatic rings. The van der Waals surface area contributed by atoms with Crippen molar-refractivity contribution in [3.05, 3.63) is 60.8 Å². The average molecular weight is 447 g/mol. The van der Waals surface area contributed by atoms with Crippen molar-refractivity contribution in [1.82, 2.24) is 9.97 Å². The molecule has 2 aromatic heterocycles. The number of aromatic nitrogens is 2. The van der Waals surface area contributed by atoms with E-state index in [0.29, 0.717) is 5.82 Å². The van der Waals surface area contributed by atoms with Crippen molar-refractivity contribution in [1.29, 1.82) is 0 Å². The Morgan fingerprint density at radius 1 is 0.969 bits per heavy atom. The van der Waals surface area contributed by atoms with Crippen LogP contribution in [0.4, 0.5) is 16.3 Å². The zero-order valence-corrected chi connectivity index (χ0v) is 19.7. The highest BCUT2D eigenvalue weighted by atomic mass is 32.1.